The van der Waals surface area contributed by atoms with E-state index in [4.69, 9.17) is 0 Å². The van der Waals surface area contributed by atoms with Gasteiger partial charge in [-0.1, -0.05) is 0 Å². The molecule has 3 N–H and O–H groups in total. The number of imide groups is 1. The summed E-state index contributed by atoms with van der Waals surface area (Å²) in [7, 11) is 0. The van der Waals surface area contributed by atoms with Crippen molar-refractivity contribution in [3.8, 4) is 0 Å². The number of rotatable bonds is 4. The number of carbonyl (C=O) groups is 3. The van der Waals surface area contributed by atoms with E-state index in [9.17, 15) is 23.2 Å². The van der Waals surface area contributed by atoms with Crippen molar-refractivity contribution in [2.75, 3.05) is 26.2 Å². The van der Waals surface area contributed by atoms with Gasteiger partial charge in [-0.25, -0.2) is 13.6 Å². The fourth-order valence-corrected chi connectivity index (χ4v) is 2.00. The third-order valence-corrected chi connectivity index (χ3v) is 3.00. The third-order valence-electron chi connectivity index (χ3n) is 3.00. The van der Waals surface area contributed by atoms with E-state index in [-0.39, 0.29) is 25.5 Å². The highest BCUT2D eigenvalue weighted by Gasteiger charge is 2.42. The Bertz CT molecular complexity index is 400. The van der Waals surface area contributed by atoms with Gasteiger partial charge in [0, 0.05) is 19.5 Å². The van der Waals surface area contributed by atoms with E-state index in [1.165, 1.54) is 0 Å². The molecule has 0 aromatic heterocycles. The molecule has 2 saturated heterocycles. The van der Waals surface area contributed by atoms with Gasteiger partial charge in [0.2, 0.25) is 11.8 Å². The van der Waals surface area contributed by atoms with Crippen LogP contribution in [0.4, 0.5) is 13.6 Å². The van der Waals surface area contributed by atoms with Crippen LogP contribution < -0.4 is 16.0 Å². The van der Waals surface area contributed by atoms with Crippen LogP contribution in [0.2, 0.25) is 0 Å². The second-order valence-electron chi connectivity index (χ2n) is 4.49. The van der Waals surface area contributed by atoms with Crippen molar-refractivity contribution in [1.29, 1.82) is 0 Å². The lowest BCUT2D eigenvalue weighted by Crippen LogP contribution is -2.44. The summed E-state index contributed by atoms with van der Waals surface area (Å²) in [6.45, 7) is -0.497. The first-order valence-corrected chi connectivity index (χ1v) is 5.86. The monoisotopic (exact) mass is 276 g/mol. The van der Waals surface area contributed by atoms with Crippen LogP contribution in [0.25, 0.3) is 0 Å². The first-order chi connectivity index (χ1) is 8.89. The summed E-state index contributed by atoms with van der Waals surface area (Å²) in [5.74, 6) is -3.79. The Morgan fingerprint density at radius 1 is 1.47 bits per heavy atom. The topological polar surface area (TPSA) is 90.5 Å². The normalized spacial score (nSPS) is 25.6. The number of halogens is 2. The Balaban J connectivity index is 1.73. The fourth-order valence-electron chi connectivity index (χ4n) is 2.00. The number of carbonyl (C=O) groups excluding carboxylic acids is 3. The maximum absolute atomic E-state index is 12.9. The molecule has 2 heterocycles. The first kappa shape index (κ1) is 13.7. The van der Waals surface area contributed by atoms with Crippen molar-refractivity contribution in [2.24, 2.45) is 0 Å². The number of urea groups is 1. The van der Waals surface area contributed by atoms with Crippen LogP contribution in [0, 0.1) is 0 Å². The molecule has 106 valence electrons. The summed E-state index contributed by atoms with van der Waals surface area (Å²) < 4.78 is 25.8. The summed E-state index contributed by atoms with van der Waals surface area (Å²) in [4.78, 5) is 34.9. The minimum Gasteiger partial charge on any atom is -0.353 e. The van der Waals surface area contributed by atoms with Crippen LogP contribution in [0.3, 0.4) is 0 Å². The molecular formula is C10H14F2N4O3. The van der Waals surface area contributed by atoms with E-state index in [0.29, 0.717) is 0 Å². The number of nitrogens with zero attached hydrogens (tertiary/aromatic N) is 1. The summed E-state index contributed by atoms with van der Waals surface area (Å²) in [5, 5.41) is 7.18. The van der Waals surface area contributed by atoms with Crippen molar-refractivity contribution >= 4 is 17.8 Å². The zero-order valence-corrected chi connectivity index (χ0v) is 10.0. The Morgan fingerprint density at radius 2 is 2.21 bits per heavy atom. The van der Waals surface area contributed by atoms with E-state index >= 15 is 0 Å². The van der Waals surface area contributed by atoms with Crippen molar-refractivity contribution in [3.05, 3.63) is 0 Å². The van der Waals surface area contributed by atoms with Crippen molar-refractivity contribution in [2.45, 2.75) is 18.4 Å². The number of nitrogens with one attached hydrogen (secondary N) is 3. The maximum atomic E-state index is 12.9. The predicted molar refractivity (Wildman–Crippen MR) is 59.5 cm³/mol. The molecule has 0 saturated carbocycles. The quantitative estimate of drug-likeness (QED) is 0.554. The Hall–Kier alpha value is -1.77. The van der Waals surface area contributed by atoms with E-state index in [1.807, 2.05) is 0 Å². The van der Waals surface area contributed by atoms with Crippen molar-refractivity contribution in [1.82, 2.24) is 20.9 Å². The molecule has 1 atom stereocenters. The predicted octanol–water partition coefficient (Wildman–Crippen LogP) is -1.35. The Kier molecular flexibility index (Phi) is 3.65. The molecule has 7 nitrogen and oxygen atoms in total. The van der Waals surface area contributed by atoms with Gasteiger partial charge in [0.15, 0.2) is 0 Å². The molecular weight excluding hydrogens is 262 g/mol. The van der Waals surface area contributed by atoms with Crippen LogP contribution >= 0.6 is 0 Å². The van der Waals surface area contributed by atoms with Crippen LogP contribution in [0.5, 0.6) is 0 Å². The number of amides is 4. The van der Waals surface area contributed by atoms with Crippen LogP contribution in [-0.2, 0) is 9.59 Å². The maximum Gasteiger partial charge on any atom is 0.324 e. The zero-order chi connectivity index (χ0) is 14.0. The summed E-state index contributed by atoms with van der Waals surface area (Å²) in [5.41, 5.74) is 0. The molecule has 2 aliphatic heterocycles. The third kappa shape index (κ3) is 3.16. The van der Waals surface area contributed by atoms with E-state index in [0.717, 1.165) is 4.90 Å². The van der Waals surface area contributed by atoms with Gasteiger partial charge >= 0.3 is 6.03 Å². The van der Waals surface area contributed by atoms with Crippen LogP contribution in [-0.4, -0.2) is 60.9 Å². The lowest BCUT2D eigenvalue weighted by atomic mass is 10.2. The Labute approximate surface area is 107 Å². The smallest absolute Gasteiger partial charge is 0.324 e. The molecule has 19 heavy (non-hydrogen) atoms. The molecule has 0 radical (unpaired) electrons. The largest absolute Gasteiger partial charge is 0.353 e. The van der Waals surface area contributed by atoms with Gasteiger partial charge in [0.1, 0.15) is 0 Å². The van der Waals surface area contributed by atoms with Gasteiger partial charge in [-0.05, 0) is 0 Å². The first-order valence-electron chi connectivity index (χ1n) is 5.86. The van der Waals surface area contributed by atoms with Crippen LogP contribution in [0.1, 0.15) is 6.42 Å². The minimum atomic E-state index is -2.87. The standard InChI is InChI=1S/C10H14F2N4O3/c11-10(12)3-6(15-5-10)8(18)13-1-2-16-7(17)4-14-9(16)19/h6,15H,1-5H2,(H,13,18)(H,14,19). The molecule has 1 unspecified atom stereocenters. The highest BCUT2D eigenvalue weighted by atomic mass is 19.3. The average molecular weight is 276 g/mol. The highest BCUT2D eigenvalue weighted by molar-refractivity contribution is 6.01. The van der Waals surface area contributed by atoms with Gasteiger partial charge in [0.25, 0.3) is 5.92 Å². The summed E-state index contributed by atoms with van der Waals surface area (Å²) in [6.07, 6.45) is -0.540. The van der Waals surface area contributed by atoms with Gasteiger partial charge in [0.05, 0.1) is 19.1 Å². The molecule has 4 amide bonds. The molecule has 0 aromatic rings. The van der Waals surface area contributed by atoms with E-state index in [1.54, 1.807) is 0 Å². The molecule has 2 rings (SSSR count). The van der Waals surface area contributed by atoms with Gasteiger partial charge in [-0.2, -0.15) is 0 Å². The molecule has 9 heteroatoms. The van der Waals surface area contributed by atoms with Crippen LogP contribution in [0.15, 0.2) is 0 Å². The van der Waals surface area contributed by atoms with Gasteiger partial charge in [-0.15, -0.1) is 0 Å². The lowest BCUT2D eigenvalue weighted by Gasteiger charge is -2.14. The second-order valence-corrected chi connectivity index (χ2v) is 4.49. The SMILES string of the molecule is O=C(NCCN1C(=O)CNC1=O)C1CC(F)(F)CN1. The molecule has 0 bridgehead atoms. The fraction of sp³-hybridized carbons (Fsp3) is 0.700. The Morgan fingerprint density at radius 3 is 2.74 bits per heavy atom. The molecule has 0 spiro atoms. The van der Waals surface area contributed by atoms with Crippen molar-refractivity contribution < 1.29 is 23.2 Å². The molecule has 0 aromatic carbocycles. The molecule has 2 fully saturated rings. The van der Waals surface area contributed by atoms with E-state index in [2.05, 4.69) is 16.0 Å². The number of hydrogen-bond donors (Lipinski definition) is 3. The second kappa shape index (κ2) is 5.08. The molecule has 0 aliphatic carbocycles. The summed E-state index contributed by atoms with van der Waals surface area (Å²) >= 11 is 0. The van der Waals surface area contributed by atoms with Gasteiger partial charge in [-0.3, -0.25) is 19.8 Å². The van der Waals surface area contributed by atoms with Crippen molar-refractivity contribution in [3.63, 3.8) is 0 Å². The van der Waals surface area contributed by atoms with Gasteiger partial charge < -0.3 is 10.6 Å². The minimum absolute atomic E-state index is 0.0273. The number of alkyl halides is 2. The number of hydrogen-bond acceptors (Lipinski definition) is 4. The zero-order valence-electron chi connectivity index (χ0n) is 10.0. The summed E-state index contributed by atoms with van der Waals surface area (Å²) in [6, 6.07) is -1.44. The average Bonchev–Trinajstić information content (AvgIpc) is 2.85. The lowest BCUT2D eigenvalue weighted by molar-refractivity contribution is -0.126. The molecule has 2 aliphatic rings. The van der Waals surface area contributed by atoms with E-state index < -0.39 is 36.9 Å². The highest BCUT2D eigenvalue weighted by Crippen LogP contribution is 2.24.